The van der Waals surface area contributed by atoms with Crippen molar-refractivity contribution in [3.8, 4) is 23.0 Å². The third-order valence-electron chi connectivity index (χ3n) is 14.1. The van der Waals surface area contributed by atoms with Crippen LogP contribution in [0.5, 0.6) is 23.0 Å². The number of benzene rings is 4. The first-order valence-corrected chi connectivity index (χ1v) is 27.8. The van der Waals surface area contributed by atoms with E-state index in [4.69, 9.17) is 13.0 Å². The highest BCUT2D eigenvalue weighted by molar-refractivity contribution is 6.84. The molecule has 2 aliphatic rings. The van der Waals surface area contributed by atoms with Gasteiger partial charge in [-0.05, 0) is 88.4 Å². The van der Waals surface area contributed by atoms with Crippen LogP contribution < -0.4 is 8.85 Å². The van der Waals surface area contributed by atoms with Gasteiger partial charge >= 0.3 is 17.1 Å². The van der Waals surface area contributed by atoms with Crippen LogP contribution in [0.2, 0.25) is 22.2 Å². The van der Waals surface area contributed by atoms with E-state index in [0.717, 1.165) is 67.1 Å². The number of phenolic OH excluding ortho intramolecular Hbond substituents is 2. The lowest BCUT2D eigenvalue weighted by Crippen LogP contribution is -2.64. The quantitative estimate of drug-likeness (QED) is 0.176. The molecule has 2 N–H and O–H groups in total. The van der Waals surface area contributed by atoms with E-state index in [1.54, 1.807) is 0 Å². The van der Waals surface area contributed by atoms with Crippen LogP contribution in [0.25, 0.3) is 0 Å². The van der Waals surface area contributed by atoms with Crippen LogP contribution in [0, 0.1) is 0 Å². The molecular formula is C56H82O5Si2. The lowest BCUT2D eigenvalue weighted by atomic mass is 9.79. The fraction of sp³-hybridized carbons (Fsp3) is 0.571. The minimum atomic E-state index is -3.21. The minimum absolute atomic E-state index is 0.0976. The van der Waals surface area contributed by atoms with Gasteiger partial charge in [0.15, 0.2) is 0 Å². The van der Waals surface area contributed by atoms with Gasteiger partial charge in [-0.15, -0.1) is 0 Å². The molecule has 10 bridgehead atoms. The Labute approximate surface area is 384 Å². The first-order chi connectivity index (χ1) is 28.8. The van der Waals surface area contributed by atoms with E-state index < -0.39 is 17.1 Å². The van der Waals surface area contributed by atoms with E-state index >= 15 is 0 Å². The standard InChI is InChI=1S/C56H82O5Si2/c1-33(2)62(34(3)4)59-51-41-22-39-27-45(53(9,10)11)25-37(49(39)57)21-38-26-46(54(12,13)14)28-40(50(38)58)23-42-30-48(56(18,19)20)32-44(24-43(51)31-47(29-41)55(15,16)17)52(42)60-63(61-62,35(5)6)36(7)8/h25-36,57-58H,21-24H2,1-20H3. The van der Waals surface area contributed by atoms with Crippen LogP contribution in [0.4, 0.5) is 0 Å². The second-order valence-corrected chi connectivity index (χ2v) is 33.3. The molecule has 0 spiro atoms. The van der Waals surface area contributed by atoms with Gasteiger partial charge in [-0.25, -0.2) is 0 Å². The number of hydrogen-bond acceptors (Lipinski definition) is 5. The van der Waals surface area contributed by atoms with E-state index in [1.807, 2.05) is 0 Å². The maximum atomic E-state index is 12.6. The van der Waals surface area contributed by atoms with Crippen LogP contribution in [-0.2, 0) is 51.5 Å². The zero-order valence-electron chi connectivity index (χ0n) is 42.9. The highest BCUT2D eigenvalue weighted by atomic mass is 28.5. The maximum absolute atomic E-state index is 12.6. The normalized spacial score (nSPS) is 16.8. The van der Waals surface area contributed by atoms with E-state index in [-0.39, 0.29) is 55.3 Å². The SMILES string of the molecule is CC(C)[Si]1(C(C)C)Oc2c3cc(C(C)(C)C)cc2Cc2cc(C(C)(C)C)cc(c2O[Si](C(C)C)(C(C)C)O1)Cc1cc(C(C)(C)C)cc(c1O)Cc1cc(C(C)(C)C)cc(c1O)C3. The molecule has 7 heteroatoms. The summed E-state index contributed by atoms with van der Waals surface area (Å²) in [4.78, 5) is 0. The molecule has 0 amide bonds. The van der Waals surface area contributed by atoms with Gasteiger partial charge in [-0.3, -0.25) is 0 Å². The molecule has 1 aliphatic heterocycles. The summed E-state index contributed by atoms with van der Waals surface area (Å²) < 4.78 is 24.0. The minimum Gasteiger partial charge on any atom is -0.520 e. The molecule has 0 saturated heterocycles. The van der Waals surface area contributed by atoms with E-state index in [0.29, 0.717) is 25.7 Å². The summed E-state index contributed by atoms with van der Waals surface area (Å²) in [5.74, 6) is 2.35. The highest BCUT2D eigenvalue weighted by Gasteiger charge is 2.59. The van der Waals surface area contributed by atoms with Gasteiger partial charge in [0.1, 0.15) is 23.0 Å². The van der Waals surface area contributed by atoms with Gasteiger partial charge in [-0.2, -0.15) is 0 Å². The smallest absolute Gasteiger partial charge is 0.396 e. The summed E-state index contributed by atoms with van der Waals surface area (Å²) >= 11 is 0. The van der Waals surface area contributed by atoms with Crippen molar-refractivity contribution in [2.45, 2.75) is 208 Å². The lowest BCUT2D eigenvalue weighted by Gasteiger charge is -2.49. The van der Waals surface area contributed by atoms with Crippen molar-refractivity contribution >= 4 is 17.1 Å². The Morgan fingerprint density at radius 1 is 0.365 bits per heavy atom. The molecule has 0 atom stereocenters. The van der Waals surface area contributed by atoms with Gasteiger partial charge in [0.05, 0.1) is 0 Å². The fourth-order valence-corrected chi connectivity index (χ4v) is 20.7. The van der Waals surface area contributed by atoms with Gasteiger partial charge in [0.2, 0.25) is 0 Å². The van der Waals surface area contributed by atoms with Gasteiger partial charge in [0.25, 0.3) is 0 Å². The number of phenols is 2. The summed E-state index contributed by atoms with van der Waals surface area (Å²) in [5, 5.41) is 25.2. The second-order valence-electron chi connectivity index (χ2n) is 24.6. The van der Waals surface area contributed by atoms with Gasteiger partial charge < -0.3 is 23.2 Å². The molecule has 0 unspecified atom stereocenters. The molecule has 0 fully saturated rings. The van der Waals surface area contributed by atoms with Crippen molar-refractivity contribution in [1.82, 2.24) is 0 Å². The Balaban J connectivity index is 1.89. The van der Waals surface area contributed by atoms with Crippen LogP contribution in [0.3, 0.4) is 0 Å². The molecule has 63 heavy (non-hydrogen) atoms. The van der Waals surface area contributed by atoms with Crippen LogP contribution in [0.15, 0.2) is 48.5 Å². The Hall–Kier alpha value is -3.53. The highest BCUT2D eigenvalue weighted by Crippen LogP contribution is 2.51. The molecule has 4 aromatic rings. The monoisotopic (exact) mass is 891 g/mol. The molecule has 6 rings (SSSR count). The molecular weight excluding hydrogens is 809 g/mol. The lowest BCUT2D eigenvalue weighted by molar-refractivity contribution is 0.270. The Morgan fingerprint density at radius 2 is 0.556 bits per heavy atom. The predicted molar refractivity (Wildman–Crippen MR) is 269 cm³/mol. The van der Waals surface area contributed by atoms with Crippen LogP contribution >= 0.6 is 0 Å². The Bertz CT molecular complexity index is 2140. The maximum Gasteiger partial charge on any atom is 0.396 e. The molecule has 344 valence electrons. The topological polar surface area (TPSA) is 68.2 Å². The third kappa shape index (κ3) is 9.45. The molecule has 0 radical (unpaired) electrons. The number of aromatic hydroxyl groups is 2. The molecule has 1 heterocycles. The van der Waals surface area contributed by atoms with Crippen LogP contribution in [0.1, 0.15) is 205 Å². The van der Waals surface area contributed by atoms with Crippen molar-refractivity contribution in [2.24, 2.45) is 0 Å². The van der Waals surface area contributed by atoms with E-state index in [2.05, 4.69) is 187 Å². The van der Waals surface area contributed by atoms with Crippen molar-refractivity contribution in [3.05, 3.63) is 115 Å². The second kappa shape index (κ2) is 16.7. The molecule has 4 aromatic carbocycles. The zero-order valence-corrected chi connectivity index (χ0v) is 44.9. The average molecular weight is 891 g/mol. The van der Waals surface area contributed by atoms with Crippen molar-refractivity contribution in [1.29, 1.82) is 0 Å². The van der Waals surface area contributed by atoms with Crippen molar-refractivity contribution in [2.75, 3.05) is 0 Å². The van der Waals surface area contributed by atoms with E-state index in [9.17, 15) is 10.2 Å². The largest absolute Gasteiger partial charge is 0.520 e. The van der Waals surface area contributed by atoms with Gasteiger partial charge in [0, 0.05) is 47.8 Å². The zero-order chi connectivity index (χ0) is 47.2. The van der Waals surface area contributed by atoms with Crippen molar-refractivity contribution < 1.29 is 23.2 Å². The first kappa shape index (κ1) is 48.9. The average Bonchev–Trinajstić information content (AvgIpc) is 3.13. The summed E-state index contributed by atoms with van der Waals surface area (Å²) in [5.41, 5.74) is 12.1. The number of rotatable bonds is 4. The fourth-order valence-electron chi connectivity index (χ4n) is 9.79. The predicted octanol–water partition coefficient (Wildman–Crippen LogP) is 15.3. The van der Waals surface area contributed by atoms with Gasteiger partial charge in [-0.1, -0.05) is 187 Å². The number of hydrogen-bond donors (Lipinski definition) is 2. The first-order valence-electron chi connectivity index (χ1n) is 23.9. The molecule has 1 aliphatic carbocycles. The summed E-state index contributed by atoms with van der Waals surface area (Å²) in [7, 11) is -6.42. The summed E-state index contributed by atoms with van der Waals surface area (Å²) in [6.45, 7) is 45.4. The van der Waals surface area contributed by atoms with Crippen LogP contribution in [-0.4, -0.2) is 27.3 Å². The third-order valence-corrected chi connectivity index (χ3v) is 24.1. The Kier molecular flexibility index (Phi) is 13.0. The van der Waals surface area contributed by atoms with Crippen molar-refractivity contribution in [3.63, 3.8) is 0 Å². The van der Waals surface area contributed by atoms with E-state index in [1.165, 1.54) is 11.1 Å². The molecule has 0 aromatic heterocycles. The number of fused-ring (bicyclic) bond motifs is 4. The summed E-state index contributed by atoms with van der Waals surface area (Å²) in [6.07, 6.45) is 1.93. The molecule has 5 nitrogen and oxygen atoms in total. The summed E-state index contributed by atoms with van der Waals surface area (Å²) in [6, 6.07) is 18.2. The Morgan fingerprint density at radius 3 is 0.762 bits per heavy atom. The molecule has 0 saturated carbocycles.